The van der Waals surface area contributed by atoms with Crippen LogP contribution in [-0.4, -0.2) is 33.6 Å². The summed E-state index contributed by atoms with van der Waals surface area (Å²) in [6, 6.07) is -1.22. The third-order valence-corrected chi connectivity index (χ3v) is 2.07. The molecule has 0 aromatic carbocycles. The van der Waals surface area contributed by atoms with Crippen molar-refractivity contribution in [3.05, 3.63) is 12.2 Å². The van der Waals surface area contributed by atoms with E-state index in [1.807, 2.05) is 0 Å². The summed E-state index contributed by atoms with van der Waals surface area (Å²) in [5.41, 5.74) is 0.336. The molecule has 1 unspecified atom stereocenters. The van der Waals surface area contributed by atoms with Crippen LogP contribution in [0.15, 0.2) is 12.2 Å². The van der Waals surface area contributed by atoms with E-state index in [4.69, 9.17) is 39.9 Å². The van der Waals surface area contributed by atoms with Crippen LogP contribution in [-0.2, 0) is 9.53 Å². The fourth-order valence-electron chi connectivity index (χ4n) is 0.849. The summed E-state index contributed by atoms with van der Waals surface area (Å²) in [6.45, 7) is 4.76. The zero-order valence-electron chi connectivity index (χ0n) is 9.00. The minimum atomic E-state index is -1.74. The van der Waals surface area contributed by atoms with Crippen LogP contribution in [0.1, 0.15) is 13.3 Å². The highest BCUT2D eigenvalue weighted by Gasteiger charge is 2.26. The molecule has 1 atom stereocenters. The van der Waals surface area contributed by atoms with Gasteiger partial charge >= 0.3 is 12.1 Å². The van der Waals surface area contributed by atoms with Crippen molar-refractivity contribution in [2.45, 2.75) is 23.2 Å². The van der Waals surface area contributed by atoms with Crippen LogP contribution in [0.4, 0.5) is 4.79 Å². The van der Waals surface area contributed by atoms with E-state index in [0.29, 0.717) is 12.0 Å². The Morgan fingerprint density at radius 2 is 2.00 bits per heavy atom. The van der Waals surface area contributed by atoms with Gasteiger partial charge in [0.2, 0.25) is 3.79 Å². The first-order chi connectivity index (χ1) is 7.67. The molecule has 8 heteroatoms. The molecule has 1 amide bonds. The monoisotopic (exact) mass is 303 g/mol. The van der Waals surface area contributed by atoms with Crippen LogP contribution in [0.3, 0.4) is 0 Å². The van der Waals surface area contributed by atoms with Crippen LogP contribution in [0.5, 0.6) is 0 Å². The summed E-state index contributed by atoms with van der Waals surface area (Å²) in [5.74, 6) is -1.23. The molecule has 98 valence electrons. The number of ether oxygens (including phenoxy) is 1. The molecule has 0 aliphatic carbocycles. The molecule has 0 aromatic rings. The largest absolute Gasteiger partial charge is 0.479 e. The molecule has 0 aromatic heterocycles. The van der Waals surface area contributed by atoms with E-state index < -0.39 is 28.5 Å². The number of hydrogen-bond acceptors (Lipinski definition) is 3. The molecule has 0 spiro atoms. The van der Waals surface area contributed by atoms with Crippen LogP contribution in [0.2, 0.25) is 0 Å². The Hall–Kier alpha value is -0.650. The summed E-state index contributed by atoms with van der Waals surface area (Å²) in [5, 5.41) is 10.9. The van der Waals surface area contributed by atoms with E-state index in [0.717, 1.165) is 0 Å². The summed E-state index contributed by atoms with van der Waals surface area (Å²) < 4.78 is 2.79. The van der Waals surface area contributed by atoms with Gasteiger partial charge in [-0.15, -0.1) is 0 Å². The quantitative estimate of drug-likeness (QED) is 0.604. The number of carboxylic acid groups (broad SMARTS) is 1. The van der Waals surface area contributed by atoms with Crippen LogP contribution >= 0.6 is 34.8 Å². The number of alkyl halides is 3. The maximum Gasteiger partial charge on any atom is 0.408 e. The van der Waals surface area contributed by atoms with Gasteiger partial charge < -0.3 is 15.2 Å². The Bertz CT molecular complexity index is 314. The lowest BCUT2D eigenvalue weighted by molar-refractivity contribution is -0.138. The van der Waals surface area contributed by atoms with Crippen molar-refractivity contribution in [1.29, 1.82) is 0 Å². The summed E-state index contributed by atoms with van der Waals surface area (Å²) in [7, 11) is 0. The van der Waals surface area contributed by atoms with E-state index in [1.54, 1.807) is 6.92 Å². The molecule has 0 bridgehead atoms. The number of carbonyl (C=O) groups excluding carboxylic acids is 1. The molecule has 0 fully saturated rings. The Morgan fingerprint density at radius 1 is 1.47 bits per heavy atom. The lowest BCUT2D eigenvalue weighted by Crippen LogP contribution is -2.42. The van der Waals surface area contributed by atoms with Crippen LogP contribution in [0.25, 0.3) is 0 Å². The average molecular weight is 305 g/mol. The van der Waals surface area contributed by atoms with Gasteiger partial charge in [-0.2, -0.15) is 0 Å². The molecule has 0 aliphatic heterocycles. The highest BCUT2D eigenvalue weighted by Crippen LogP contribution is 2.25. The highest BCUT2D eigenvalue weighted by atomic mass is 35.6. The molecular weight excluding hydrogens is 292 g/mol. The number of hydrogen-bond donors (Lipinski definition) is 2. The fourth-order valence-corrected chi connectivity index (χ4v) is 1.01. The van der Waals surface area contributed by atoms with E-state index in [1.165, 1.54) is 0 Å². The van der Waals surface area contributed by atoms with Gasteiger partial charge in [0.1, 0.15) is 6.61 Å². The van der Waals surface area contributed by atoms with Gasteiger partial charge in [-0.3, -0.25) is 0 Å². The maximum atomic E-state index is 11.2. The van der Waals surface area contributed by atoms with Crippen molar-refractivity contribution in [1.82, 2.24) is 5.32 Å². The standard InChI is InChI=1S/C9H12Cl3NO4/c1-3-5(2)6(7(14)15)13-8(16)17-4-9(10,11)12/h6H,2-4H2,1H3,(H,13,16)(H,14,15). The van der Waals surface area contributed by atoms with E-state index >= 15 is 0 Å². The second-order valence-corrected chi connectivity index (χ2v) is 5.63. The molecule has 0 radical (unpaired) electrons. The molecule has 0 saturated heterocycles. The number of alkyl carbamates (subject to hydrolysis) is 1. The predicted molar refractivity (Wildman–Crippen MR) is 65.6 cm³/mol. The fraction of sp³-hybridized carbons (Fsp3) is 0.556. The maximum absolute atomic E-state index is 11.2. The molecule has 0 rings (SSSR count). The molecule has 2 N–H and O–H groups in total. The van der Waals surface area contributed by atoms with Crippen molar-refractivity contribution in [2.24, 2.45) is 0 Å². The zero-order valence-corrected chi connectivity index (χ0v) is 11.3. The second kappa shape index (κ2) is 6.93. The minimum absolute atomic E-state index is 0.336. The number of carboxylic acids is 1. The number of amides is 1. The Morgan fingerprint density at radius 3 is 2.35 bits per heavy atom. The SMILES string of the molecule is C=C(CC)C(NC(=O)OCC(Cl)(Cl)Cl)C(=O)O. The predicted octanol–water partition coefficient (Wildman–Crippen LogP) is 2.50. The first-order valence-corrected chi connectivity index (χ1v) is 5.71. The van der Waals surface area contributed by atoms with Crippen LogP contribution in [0, 0.1) is 0 Å². The van der Waals surface area contributed by atoms with Gasteiger partial charge in [0.05, 0.1) is 0 Å². The van der Waals surface area contributed by atoms with Crippen molar-refractivity contribution in [3.8, 4) is 0 Å². The van der Waals surface area contributed by atoms with Gasteiger partial charge in [0.25, 0.3) is 0 Å². The number of halogens is 3. The molecule has 5 nitrogen and oxygen atoms in total. The van der Waals surface area contributed by atoms with E-state index in [9.17, 15) is 9.59 Å². The van der Waals surface area contributed by atoms with Crippen molar-refractivity contribution in [3.63, 3.8) is 0 Å². The lowest BCUT2D eigenvalue weighted by atomic mass is 10.1. The topological polar surface area (TPSA) is 75.6 Å². The summed E-state index contributed by atoms with van der Waals surface area (Å²) in [6.07, 6.45) is -0.583. The molecule has 0 aliphatic rings. The third-order valence-electron chi connectivity index (χ3n) is 1.74. The minimum Gasteiger partial charge on any atom is -0.479 e. The van der Waals surface area contributed by atoms with Gasteiger partial charge in [0.15, 0.2) is 6.04 Å². The van der Waals surface area contributed by atoms with Crippen LogP contribution < -0.4 is 5.32 Å². The number of nitrogens with one attached hydrogen (secondary N) is 1. The Kier molecular flexibility index (Phi) is 6.67. The van der Waals surface area contributed by atoms with Crippen molar-refractivity contribution < 1.29 is 19.4 Å². The lowest BCUT2D eigenvalue weighted by Gasteiger charge is -2.17. The average Bonchev–Trinajstić information content (AvgIpc) is 2.20. The molecule has 17 heavy (non-hydrogen) atoms. The number of carbonyl (C=O) groups is 2. The number of aliphatic carboxylic acids is 1. The summed E-state index contributed by atoms with van der Waals surface area (Å²) in [4.78, 5) is 22.0. The van der Waals surface area contributed by atoms with Crippen molar-refractivity contribution in [2.75, 3.05) is 6.61 Å². The van der Waals surface area contributed by atoms with Gasteiger partial charge in [-0.1, -0.05) is 48.3 Å². The highest BCUT2D eigenvalue weighted by molar-refractivity contribution is 6.67. The number of rotatable bonds is 5. The first-order valence-electron chi connectivity index (χ1n) is 4.58. The Balaban J connectivity index is 4.33. The first kappa shape index (κ1) is 16.4. The Labute approximate surface area is 114 Å². The van der Waals surface area contributed by atoms with Crippen molar-refractivity contribution >= 4 is 46.9 Å². The molecular formula is C9H12Cl3NO4. The second-order valence-electron chi connectivity index (χ2n) is 3.12. The normalized spacial score (nSPS) is 12.7. The molecule has 0 heterocycles. The molecule has 0 saturated carbocycles. The zero-order chi connectivity index (χ0) is 13.6. The van der Waals surface area contributed by atoms with Gasteiger partial charge in [-0.05, 0) is 12.0 Å². The smallest absolute Gasteiger partial charge is 0.408 e. The summed E-state index contributed by atoms with van der Waals surface area (Å²) >= 11 is 16.1. The van der Waals surface area contributed by atoms with Gasteiger partial charge in [-0.25, -0.2) is 9.59 Å². The third kappa shape index (κ3) is 7.31. The van der Waals surface area contributed by atoms with Gasteiger partial charge in [0, 0.05) is 0 Å². The van der Waals surface area contributed by atoms with E-state index in [-0.39, 0.29) is 0 Å². The van der Waals surface area contributed by atoms with E-state index in [2.05, 4.69) is 16.6 Å².